The Balaban J connectivity index is 1.79. The van der Waals surface area contributed by atoms with Crippen molar-refractivity contribution in [3.63, 3.8) is 0 Å². The topological polar surface area (TPSA) is 25.0 Å². The van der Waals surface area contributed by atoms with Crippen molar-refractivity contribution < 1.29 is 4.74 Å². The number of hydrogen-bond donors (Lipinski definition) is 1. The molecule has 2 heteroatoms. The Hall–Kier alpha value is -2.22. The summed E-state index contributed by atoms with van der Waals surface area (Å²) >= 11 is 0. The highest BCUT2D eigenvalue weighted by atomic mass is 16.5. The van der Waals surface area contributed by atoms with E-state index in [1.54, 1.807) is 0 Å². The van der Waals surface area contributed by atoms with Crippen molar-refractivity contribution in [3.05, 3.63) is 65.4 Å². The smallest absolute Gasteiger partial charge is 0.120 e. The number of aromatic amines is 1. The maximum absolute atomic E-state index is 5.89. The van der Waals surface area contributed by atoms with Crippen LogP contribution in [0.1, 0.15) is 16.7 Å². The fraction of sp³-hybridized carbons (Fsp3) is 0.176. The van der Waals surface area contributed by atoms with Crippen LogP contribution < -0.4 is 4.74 Å². The third-order valence-corrected chi connectivity index (χ3v) is 3.42. The lowest BCUT2D eigenvalue weighted by Crippen LogP contribution is -1.98. The van der Waals surface area contributed by atoms with E-state index in [1.807, 2.05) is 18.3 Å². The quantitative estimate of drug-likeness (QED) is 0.735. The van der Waals surface area contributed by atoms with Crippen molar-refractivity contribution in [2.45, 2.75) is 20.5 Å². The van der Waals surface area contributed by atoms with Gasteiger partial charge in [-0.3, -0.25) is 0 Å². The van der Waals surface area contributed by atoms with Crippen LogP contribution in [0, 0.1) is 13.8 Å². The van der Waals surface area contributed by atoms with E-state index in [0.29, 0.717) is 6.61 Å². The molecule has 0 aliphatic heterocycles. The molecule has 0 aliphatic carbocycles. The van der Waals surface area contributed by atoms with Gasteiger partial charge in [-0.1, -0.05) is 23.8 Å². The Kier molecular flexibility index (Phi) is 3.00. The summed E-state index contributed by atoms with van der Waals surface area (Å²) in [5.74, 6) is 0.910. The molecule has 3 aromatic rings. The first-order valence-electron chi connectivity index (χ1n) is 6.48. The molecule has 0 atom stereocenters. The van der Waals surface area contributed by atoms with E-state index in [-0.39, 0.29) is 0 Å². The van der Waals surface area contributed by atoms with Gasteiger partial charge in [0.25, 0.3) is 0 Å². The predicted molar refractivity (Wildman–Crippen MR) is 78.5 cm³/mol. The second-order valence-corrected chi connectivity index (χ2v) is 4.95. The molecule has 96 valence electrons. The first-order valence-corrected chi connectivity index (χ1v) is 6.48. The minimum absolute atomic E-state index is 0.615. The Morgan fingerprint density at radius 1 is 1.00 bits per heavy atom. The molecule has 0 fully saturated rings. The number of ether oxygens (including phenoxy) is 1. The summed E-state index contributed by atoms with van der Waals surface area (Å²) in [5.41, 5.74) is 4.92. The molecule has 19 heavy (non-hydrogen) atoms. The lowest BCUT2D eigenvalue weighted by atomic mass is 10.1. The summed E-state index contributed by atoms with van der Waals surface area (Å²) < 4.78 is 5.89. The summed E-state index contributed by atoms with van der Waals surface area (Å²) in [7, 11) is 0. The van der Waals surface area contributed by atoms with Crippen LogP contribution in [0.5, 0.6) is 5.75 Å². The number of rotatable bonds is 3. The van der Waals surface area contributed by atoms with Crippen molar-refractivity contribution in [2.75, 3.05) is 0 Å². The second kappa shape index (κ2) is 4.81. The van der Waals surface area contributed by atoms with E-state index in [1.165, 1.54) is 22.1 Å². The number of aromatic nitrogens is 1. The zero-order valence-electron chi connectivity index (χ0n) is 11.2. The number of nitrogens with one attached hydrogen (secondary N) is 1. The van der Waals surface area contributed by atoms with Gasteiger partial charge in [0.15, 0.2) is 0 Å². The SMILES string of the molecule is Cc1ccc(C)c(COc2ccc3[nH]ccc3c2)c1. The van der Waals surface area contributed by atoms with Crippen LogP contribution >= 0.6 is 0 Å². The van der Waals surface area contributed by atoms with Crippen molar-refractivity contribution in [2.24, 2.45) is 0 Å². The molecule has 2 nitrogen and oxygen atoms in total. The normalized spacial score (nSPS) is 10.8. The minimum atomic E-state index is 0.615. The number of H-pyrrole nitrogens is 1. The average molecular weight is 251 g/mol. The highest BCUT2D eigenvalue weighted by Gasteiger charge is 2.02. The largest absolute Gasteiger partial charge is 0.489 e. The molecule has 0 unspecified atom stereocenters. The van der Waals surface area contributed by atoms with Gasteiger partial charge in [-0.15, -0.1) is 0 Å². The van der Waals surface area contributed by atoms with Crippen LogP contribution in [-0.4, -0.2) is 4.98 Å². The minimum Gasteiger partial charge on any atom is -0.489 e. The van der Waals surface area contributed by atoms with Gasteiger partial charge in [0, 0.05) is 17.1 Å². The summed E-state index contributed by atoms with van der Waals surface area (Å²) in [4.78, 5) is 3.18. The van der Waals surface area contributed by atoms with Gasteiger partial charge in [0.2, 0.25) is 0 Å². The second-order valence-electron chi connectivity index (χ2n) is 4.95. The van der Waals surface area contributed by atoms with Gasteiger partial charge in [-0.25, -0.2) is 0 Å². The molecule has 1 heterocycles. The van der Waals surface area contributed by atoms with Gasteiger partial charge in [-0.05, 0) is 49.2 Å². The highest BCUT2D eigenvalue weighted by Crippen LogP contribution is 2.21. The molecule has 0 aliphatic rings. The summed E-state index contributed by atoms with van der Waals surface area (Å²) in [5, 5.41) is 1.18. The lowest BCUT2D eigenvalue weighted by Gasteiger charge is -2.09. The van der Waals surface area contributed by atoms with E-state index in [9.17, 15) is 0 Å². The maximum Gasteiger partial charge on any atom is 0.120 e. The molecule has 1 aromatic heterocycles. The van der Waals surface area contributed by atoms with Gasteiger partial charge < -0.3 is 9.72 Å². The number of hydrogen-bond acceptors (Lipinski definition) is 1. The predicted octanol–water partition coefficient (Wildman–Crippen LogP) is 4.36. The molecular weight excluding hydrogens is 234 g/mol. The van der Waals surface area contributed by atoms with Crippen molar-refractivity contribution in [1.82, 2.24) is 4.98 Å². The van der Waals surface area contributed by atoms with Gasteiger partial charge in [-0.2, -0.15) is 0 Å². The maximum atomic E-state index is 5.89. The molecule has 0 saturated heterocycles. The fourth-order valence-corrected chi connectivity index (χ4v) is 2.24. The van der Waals surface area contributed by atoms with Crippen LogP contribution in [0.4, 0.5) is 0 Å². The molecule has 0 saturated carbocycles. The van der Waals surface area contributed by atoms with Crippen LogP contribution in [0.15, 0.2) is 48.7 Å². The van der Waals surface area contributed by atoms with E-state index in [2.05, 4.69) is 49.2 Å². The molecule has 3 rings (SSSR count). The van der Waals surface area contributed by atoms with E-state index >= 15 is 0 Å². The van der Waals surface area contributed by atoms with Crippen molar-refractivity contribution in [1.29, 1.82) is 0 Å². The third kappa shape index (κ3) is 2.48. The third-order valence-electron chi connectivity index (χ3n) is 3.42. The average Bonchev–Trinajstić information content (AvgIpc) is 2.87. The monoisotopic (exact) mass is 251 g/mol. The molecule has 1 N–H and O–H groups in total. The van der Waals surface area contributed by atoms with Gasteiger partial charge in [0.1, 0.15) is 12.4 Å². The molecule has 0 radical (unpaired) electrons. The van der Waals surface area contributed by atoms with E-state index < -0.39 is 0 Å². The van der Waals surface area contributed by atoms with Crippen LogP contribution in [-0.2, 0) is 6.61 Å². The summed E-state index contributed by atoms with van der Waals surface area (Å²) in [6.07, 6.45) is 1.94. The number of fused-ring (bicyclic) bond motifs is 1. The number of aryl methyl sites for hydroxylation is 2. The summed E-state index contributed by atoms with van der Waals surface area (Å²) in [6.45, 7) is 4.84. The molecule has 0 spiro atoms. The van der Waals surface area contributed by atoms with E-state index in [4.69, 9.17) is 4.74 Å². The Morgan fingerprint density at radius 3 is 2.79 bits per heavy atom. The van der Waals surface area contributed by atoms with Gasteiger partial charge in [0.05, 0.1) is 0 Å². The Morgan fingerprint density at radius 2 is 1.89 bits per heavy atom. The lowest BCUT2D eigenvalue weighted by molar-refractivity contribution is 0.306. The standard InChI is InChI=1S/C17H17NO/c1-12-3-4-13(2)15(9-12)11-19-16-5-6-17-14(10-16)7-8-18-17/h3-10,18H,11H2,1-2H3. The van der Waals surface area contributed by atoms with Gasteiger partial charge >= 0.3 is 0 Å². The first-order chi connectivity index (χ1) is 9.22. The van der Waals surface area contributed by atoms with Crippen LogP contribution in [0.3, 0.4) is 0 Å². The van der Waals surface area contributed by atoms with Crippen molar-refractivity contribution >= 4 is 10.9 Å². The molecular formula is C17H17NO. The van der Waals surface area contributed by atoms with Crippen molar-refractivity contribution in [3.8, 4) is 5.75 Å². The zero-order chi connectivity index (χ0) is 13.2. The first kappa shape index (κ1) is 11.8. The molecule has 0 amide bonds. The van der Waals surface area contributed by atoms with E-state index in [0.717, 1.165) is 11.3 Å². The molecule has 2 aromatic carbocycles. The Labute approximate surface area is 113 Å². The highest BCUT2D eigenvalue weighted by molar-refractivity contribution is 5.80. The zero-order valence-corrected chi connectivity index (χ0v) is 11.2. The van der Waals surface area contributed by atoms with Crippen LogP contribution in [0.2, 0.25) is 0 Å². The molecule has 0 bridgehead atoms. The number of benzene rings is 2. The summed E-state index contributed by atoms with van der Waals surface area (Å²) in [6, 6.07) is 14.6. The fourth-order valence-electron chi connectivity index (χ4n) is 2.24. The Bertz CT molecular complexity index is 712. The van der Waals surface area contributed by atoms with Crippen LogP contribution in [0.25, 0.3) is 10.9 Å².